The first-order valence-corrected chi connectivity index (χ1v) is 9.72. The normalized spacial score (nSPS) is 12.2. The third-order valence-corrected chi connectivity index (χ3v) is 5.02. The molecule has 4 rings (SSSR count). The van der Waals surface area contributed by atoms with Gasteiger partial charge < -0.3 is 15.2 Å². The Hall–Kier alpha value is -3.51. The fourth-order valence-electron chi connectivity index (χ4n) is 3.47. The van der Waals surface area contributed by atoms with Crippen molar-refractivity contribution in [2.45, 2.75) is 13.5 Å². The highest BCUT2D eigenvalue weighted by Crippen LogP contribution is 2.18. The van der Waals surface area contributed by atoms with Crippen molar-refractivity contribution >= 4 is 33.3 Å². The highest BCUT2D eigenvalue weighted by atomic mass is 16.2. The number of anilines is 1. The zero-order chi connectivity index (χ0) is 20.2. The van der Waals surface area contributed by atoms with Gasteiger partial charge in [0.05, 0.1) is 17.4 Å². The van der Waals surface area contributed by atoms with Crippen LogP contribution < -0.4 is 15.8 Å². The molecule has 0 saturated heterocycles. The van der Waals surface area contributed by atoms with Gasteiger partial charge in [-0.3, -0.25) is 9.59 Å². The Morgan fingerprint density at radius 3 is 2.62 bits per heavy atom. The summed E-state index contributed by atoms with van der Waals surface area (Å²) in [6.45, 7) is 3.51. The largest absolute Gasteiger partial charge is 0.321 e. The fraction of sp³-hybridized carbons (Fsp3) is 0.174. The van der Waals surface area contributed by atoms with E-state index < -0.39 is 0 Å². The van der Waals surface area contributed by atoms with Crippen LogP contribution >= 0.6 is 0 Å². The number of hydrogen-bond donors (Lipinski definition) is 3. The van der Waals surface area contributed by atoms with Crippen LogP contribution in [0.4, 0.5) is 5.69 Å². The summed E-state index contributed by atoms with van der Waals surface area (Å²) in [7, 11) is 0. The number of carbonyl (C=O) groups excluding carboxylic acids is 1. The molecule has 0 fully saturated rings. The molecule has 6 nitrogen and oxygen atoms in total. The quantitative estimate of drug-likeness (QED) is 0.474. The lowest BCUT2D eigenvalue weighted by Gasteiger charge is -2.17. The number of rotatable bonds is 6. The topological polar surface area (TPSA) is 79.3 Å². The number of likely N-dealkylation sites (N-methyl/N-ethyl adjacent to an activating group) is 1. The van der Waals surface area contributed by atoms with Gasteiger partial charge in [-0.15, -0.1) is 0 Å². The maximum atomic E-state index is 12.6. The Kier molecular flexibility index (Phi) is 5.35. The highest BCUT2D eigenvalue weighted by molar-refractivity contribution is 5.94. The predicted molar refractivity (Wildman–Crippen MR) is 115 cm³/mol. The van der Waals surface area contributed by atoms with E-state index in [1.54, 1.807) is 6.07 Å². The Morgan fingerprint density at radius 2 is 1.79 bits per heavy atom. The average Bonchev–Trinajstić information content (AvgIpc) is 2.73. The second kappa shape index (κ2) is 8.24. The molecule has 4 aromatic rings. The Balaban J connectivity index is 1.45. The van der Waals surface area contributed by atoms with Crippen molar-refractivity contribution in [3.8, 4) is 0 Å². The van der Waals surface area contributed by atoms with Gasteiger partial charge in [0.15, 0.2) is 12.4 Å². The van der Waals surface area contributed by atoms with Gasteiger partial charge in [0.1, 0.15) is 6.54 Å². The van der Waals surface area contributed by atoms with Crippen molar-refractivity contribution in [2.24, 2.45) is 0 Å². The van der Waals surface area contributed by atoms with Crippen LogP contribution in [-0.4, -0.2) is 29.0 Å². The first-order valence-electron chi connectivity index (χ1n) is 9.72. The highest BCUT2D eigenvalue weighted by Gasteiger charge is 2.15. The Bertz CT molecular complexity index is 1230. The summed E-state index contributed by atoms with van der Waals surface area (Å²) in [5.41, 5.74) is 1.30. The van der Waals surface area contributed by atoms with Crippen LogP contribution in [0.15, 0.2) is 71.5 Å². The van der Waals surface area contributed by atoms with Gasteiger partial charge >= 0.3 is 0 Å². The number of H-pyrrole nitrogens is 1. The molecule has 0 spiro atoms. The molecule has 29 heavy (non-hydrogen) atoms. The summed E-state index contributed by atoms with van der Waals surface area (Å²) < 4.78 is 0. The molecule has 146 valence electrons. The molecule has 3 N–H and O–H groups in total. The van der Waals surface area contributed by atoms with Gasteiger partial charge in [-0.1, -0.05) is 42.5 Å². The van der Waals surface area contributed by atoms with Crippen LogP contribution in [0.25, 0.3) is 21.7 Å². The van der Waals surface area contributed by atoms with Gasteiger partial charge in [0.2, 0.25) is 0 Å². The summed E-state index contributed by atoms with van der Waals surface area (Å²) in [5, 5.41) is 5.77. The minimum Gasteiger partial charge on any atom is -0.321 e. The number of para-hydroxylation sites is 1. The molecule has 0 bridgehead atoms. The zero-order valence-electron chi connectivity index (χ0n) is 16.2. The van der Waals surface area contributed by atoms with E-state index in [2.05, 4.69) is 15.3 Å². The lowest BCUT2D eigenvalue weighted by molar-refractivity contribution is -0.904. The second-order valence-corrected chi connectivity index (χ2v) is 7.10. The number of quaternary nitrogens is 1. The molecule has 1 aromatic heterocycles. The molecule has 1 atom stereocenters. The van der Waals surface area contributed by atoms with Crippen molar-refractivity contribution in [3.63, 3.8) is 0 Å². The van der Waals surface area contributed by atoms with Crippen molar-refractivity contribution in [1.29, 1.82) is 0 Å². The monoisotopic (exact) mass is 387 g/mol. The van der Waals surface area contributed by atoms with Crippen molar-refractivity contribution in [2.75, 3.05) is 18.4 Å². The molecule has 0 saturated carbocycles. The van der Waals surface area contributed by atoms with Crippen LogP contribution in [0, 0.1) is 0 Å². The predicted octanol–water partition coefficient (Wildman–Crippen LogP) is 2.12. The minimum atomic E-state index is -0.151. The maximum Gasteiger partial charge on any atom is 0.279 e. The third-order valence-electron chi connectivity index (χ3n) is 5.02. The number of aromatic amines is 1. The second-order valence-electron chi connectivity index (χ2n) is 7.10. The van der Waals surface area contributed by atoms with Gasteiger partial charge in [-0.2, -0.15) is 0 Å². The first kappa shape index (κ1) is 18.8. The summed E-state index contributed by atoms with van der Waals surface area (Å²) in [6.07, 6.45) is 0. The van der Waals surface area contributed by atoms with Crippen molar-refractivity contribution in [1.82, 2.24) is 9.97 Å². The van der Waals surface area contributed by atoms with Crippen LogP contribution in [0.1, 0.15) is 12.7 Å². The summed E-state index contributed by atoms with van der Waals surface area (Å²) in [6, 6.07) is 21.2. The van der Waals surface area contributed by atoms with E-state index in [1.165, 1.54) is 0 Å². The number of carbonyl (C=O) groups is 1. The smallest absolute Gasteiger partial charge is 0.279 e. The number of fused-ring (bicyclic) bond motifs is 2. The molecular formula is C23H23N4O2+. The van der Waals surface area contributed by atoms with Crippen molar-refractivity contribution in [3.05, 3.63) is 82.9 Å². The van der Waals surface area contributed by atoms with Crippen molar-refractivity contribution < 1.29 is 9.69 Å². The summed E-state index contributed by atoms with van der Waals surface area (Å²) >= 11 is 0. The molecule has 3 aromatic carbocycles. The molecule has 0 radical (unpaired) electrons. The molecule has 1 amide bonds. The van der Waals surface area contributed by atoms with Crippen LogP contribution in [0.2, 0.25) is 0 Å². The molecule has 0 aliphatic carbocycles. The third kappa shape index (κ3) is 4.33. The van der Waals surface area contributed by atoms with Crippen LogP contribution in [0.5, 0.6) is 0 Å². The molecular weight excluding hydrogens is 364 g/mol. The van der Waals surface area contributed by atoms with E-state index in [9.17, 15) is 9.59 Å². The number of hydrogen-bond acceptors (Lipinski definition) is 3. The minimum absolute atomic E-state index is 0.0692. The lowest BCUT2D eigenvalue weighted by Crippen LogP contribution is -3.11. The number of amides is 1. The van der Waals surface area contributed by atoms with Crippen LogP contribution in [0.3, 0.4) is 0 Å². The summed E-state index contributed by atoms with van der Waals surface area (Å²) in [4.78, 5) is 33.2. The van der Waals surface area contributed by atoms with E-state index >= 15 is 0 Å². The zero-order valence-corrected chi connectivity index (χ0v) is 16.2. The van der Waals surface area contributed by atoms with E-state index in [-0.39, 0.29) is 11.5 Å². The fourth-order valence-corrected chi connectivity index (χ4v) is 3.47. The average molecular weight is 387 g/mol. The van der Waals surface area contributed by atoms with E-state index in [4.69, 9.17) is 0 Å². The van der Waals surface area contributed by atoms with Gasteiger partial charge in [-0.05, 0) is 42.0 Å². The molecule has 1 unspecified atom stereocenters. The summed E-state index contributed by atoms with van der Waals surface area (Å²) in [5.74, 6) is 0.518. The first-order chi connectivity index (χ1) is 14.1. The standard InChI is InChI=1S/C23H22N4O2/c1-2-27(14-21-25-20-10-6-5-9-19(20)23(29)26-21)15-22(28)24-18-12-11-16-7-3-4-8-17(16)13-18/h3-13H,2,14-15H2,1H3,(H,24,28)(H,25,26,29)/p+1. The number of aromatic nitrogens is 2. The molecule has 0 aliphatic heterocycles. The SMILES string of the molecule is CC[NH+](CC(=O)Nc1ccc2ccccc2c1)Cc1nc2ccccc2c(=O)[nH]1. The maximum absolute atomic E-state index is 12.6. The van der Waals surface area contributed by atoms with Crippen LogP contribution in [-0.2, 0) is 11.3 Å². The van der Waals surface area contributed by atoms with Gasteiger partial charge in [0.25, 0.3) is 11.5 Å². The number of nitrogens with zero attached hydrogens (tertiary/aromatic N) is 1. The Morgan fingerprint density at radius 1 is 1.03 bits per heavy atom. The number of benzene rings is 3. The molecule has 1 heterocycles. The lowest BCUT2D eigenvalue weighted by atomic mass is 10.1. The van der Waals surface area contributed by atoms with Gasteiger partial charge in [0, 0.05) is 5.69 Å². The van der Waals surface area contributed by atoms with Gasteiger partial charge in [-0.25, -0.2) is 4.98 Å². The van der Waals surface area contributed by atoms with E-state index in [1.807, 2.05) is 67.6 Å². The van der Waals surface area contributed by atoms with E-state index in [0.717, 1.165) is 27.9 Å². The number of nitrogens with one attached hydrogen (secondary N) is 3. The molecule has 6 heteroatoms. The van der Waals surface area contributed by atoms with E-state index in [0.29, 0.717) is 29.8 Å². The molecule has 0 aliphatic rings. The Labute approximate surface area is 168 Å².